The van der Waals surface area contributed by atoms with E-state index in [1.807, 2.05) is 11.8 Å². The number of imidazole rings is 1. The van der Waals surface area contributed by atoms with Crippen LogP contribution in [0, 0.1) is 6.92 Å². The number of fused-ring (bicyclic) bond motifs is 1. The highest BCUT2D eigenvalue weighted by Gasteiger charge is 2.22. The number of aryl methyl sites for hydroxylation is 1. The molecule has 0 aliphatic carbocycles. The van der Waals surface area contributed by atoms with Gasteiger partial charge >= 0.3 is 0 Å². The van der Waals surface area contributed by atoms with Crippen molar-refractivity contribution in [1.82, 2.24) is 24.4 Å². The van der Waals surface area contributed by atoms with Crippen molar-refractivity contribution >= 4 is 22.2 Å². The molecule has 3 heterocycles. The Labute approximate surface area is 109 Å². The van der Waals surface area contributed by atoms with E-state index in [0.717, 1.165) is 36.1 Å². The van der Waals surface area contributed by atoms with Crippen LogP contribution in [0.15, 0.2) is 6.20 Å². The van der Waals surface area contributed by atoms with Crippen molar-refractivity contribution in [2.24, 2.45) is 0 Å². The number of piperazine rings is 1. The molecular formula is C11H15N5OS. The summed E-state index contributed by atoms with van der Waals surface area (Å²) in [6, 6.07) is 0. The number of amides is 1. The molecule has 0 bridgehead atoms. The zero-order chi connectivity index (χ0) is 12.7. The summed E-state index contributed by atoms with van der Waals surface area (Å²) in [6.45, 7) is 5.32. The van der Waals surface area contributed by atoms with Crippen LogP contribution >= 0.6 is 11.3 Å². The van der Waals surface area contributed by atoms with Gasteiger partial charge < -0.3 is 9.80 Å². The van der Waals surface area contributed by atoms with Gasteiger partial charge in [-0.2, -0.15) is 5.10 Å². The molecule has 0 saturated carbocycles. The Morgan fingerprint density at radius 2 is 2.06 bits per heavy atom. The van der Waals surface area contributed by atoms with Gasteiger partial charge in [-0.25, -0.2) is 9.50 Å². The largest absolute Gasteiger partial charge is 0.335 e. The van der Waals surface area contributed by atoms with Gasteiger partial charge in [-0.05, 0) is 14.0 Å². The molecule has 18 heavy (non-hydrogen) atoms. The minimum Gasteiger partial charge on any atom is -0.335 e. The lowest BCUT2D eigenvalue weighted by atomic mass is 10.3. The Bertz CT molecular complexity index is 550. The second-order valence-electron chi connectivity index (χ2n) is 4.57. The van der Waals surface area contributed by atoms with Crippen LogP contribution in [0.25, 0.3) is 4.96 Å². The SMILES string of the molecule is Cc1nn2cc(C(=O)N3CCN(C)CC3)nc2s1. The zero-order valence-corrected chi connectivity index (χ0v) is 11.3. The minimum absolute atomic E-state index is 0.0125. The van der Waals surface area contributed by atoms with Crippen molar-refractivity contribution in [2.45, 2.75) is 6.92 Å². The molecule has 0 spiro atoms. The first-order chi connectivity index (χ1) is 8.63. The van der Waals surface area contributed by atoms with Crippen molar-refractivity contribution in [3.63, 3.8) is 0 Å². The molecule has 2 aromatic heterocycles. The molecule has 1 aliphatic heterocycles. The van der Waals surface area contributed by atoms with E-state index >= 15 is 0 Å². The Balaban J connectivity index is 1.81. The first-order valence-electron chi connectivity index (χ1n) is 5.94. The summed E-state index contributed by atoms with van der Waals surface area (Å²) in [4.78, 5) is 21.5. The maximum absolute atomic E-state index is 12.3. The van der Waals surface area contributed by atoms with Crippen LogP contribution in [0.2, 0.25) is 0 Å². The van der Waals surface area contributed by atoms with Crippen LogP contribution in [0.4, 0.5) is 0 Å². The Morgan fingerprint density at radius 3 is 2.72 bits per heavy atom. The van der Waals surface area contributed by atoms with Crippen LogP contribution in [-0.4, -0.2) is 63.5 Å². The second kappa shape index (κ2) is 4.33. The third-order valence-corrected chi connectivity index (χ3v) is 3.99. The number of carbonyl (C=O) groups excluding carboxylic acids is 1. The van der Waals surface area contributed by atoms with Crippen LogP contribution in [0.3, 0.4) is 0 Å². The van der Waals surface area contributed by atoms with Gasteiger partial charge in [-0.3, -0.25) is 4.79 Å². The van der Waals surface area contributed by atoms with Gasteiger partial charge in [0.25, 0.3) is 5.91 Å². The third kappa shape index (κ3) is 1.99. The zero-order valence-electron chi connectivity index (χ0n) is 10.5. The van der Waals surface area contributed by atoms with Crippen molar-refractivity contribution in [1.29, 1.82) is 0 Å². The third-order valence-electron chi connectivity index (χ3n) is 3.15. The average molecular weight is 265 g/mol. The van der Waals surface area contributed by atoms with E-state index in [-0.39, 0.29) is 5.91 Å². The number of carbonyl (C=O) groups is 1. The molecular weight excluding hydrogens is 250 g/mol. The second-order valence-corrected chi connectivity index (χ2v) is 5.73. The fourth-order valence-electron chi connectivity index (χ4n) is 2.07. The van der Waals surface area contributed by atoms with Crippen molar-refractivity contribution in [2.75, 3.05) is 33.2 Å². The first kappa shape index (κ1) is 11.6. The molecule has 1 saturated heterocycles. The summed E-state index contributed by atoms with van der Waals surface area (Å²) in [6.07, 6.45) is 1.72. The van der Waals surface area contributed by atoms with Crippen molar-refractivity contribution in [3.05, 3.63) is 16.9 Å². The average Bonchev–Trinajstić information content (AvgIpc) is 2.86. The molecule has 2 aromatic rings. The molecule has 0 atom stereocenters. The number of likely N-dealkylation sites (N-methyl/N-ethyl adjacent to an activating group) is 1. The van der Waals surface area contributed by atoms with Crippen LogP contribution in [-0.2, 0) is 0 Å². The number of rotatable bonds is 1. The first-order valence-corrected chi connectivity index (χ1v) is 6.76. The van der Waals surface area contributed by atoms with E-state index in [0.29, 0.717) is 5.69 Å². The predicted octanol–water partition coefficient (Wildman–Crippen LogP) is 0.487. The Morgan fingerprint density at radius 1 is 1.33 bits per heavy atom. The lowest BCUT2D eigenvalue weighted by molar-refractivity contribution is 0.0659. The summed E-state index contributed by atoms with van der Waals surface area (Å²) >= 11 is 1.50. The molecule has 1 amide bonds. The molecule has 0 unspecified atom stereocenters. The number of hydrogen-bond donors (Lipinski definition) is 0. The number of nitrogens with zero attached hydrogens (tertiary/aromatic N) is 5. The standard InChI is InChI=1S/C11H15N5OS/c1-8-13-16-7-9(12-11(16)18-8)10(17)15-5-3-14(2)4-6-15/h7H,3-6H2,1-2H3. The van der Waals surface area contributed by atoms with Gasteiger partial charge in [0.05, 0.1) is 6.20 Å². The molecule has 0 aromatic carbocycles. The van der Waals surface area contributed by atoms with Gasteiger partial charge in [-0.15, -0.1) is 0 Å². The van der Waals surface area contributed by atoms with Gasteiger partial charge in [0, 0.05) is 26.2 Å². The maximum Gasteiger partial charge on any atom is 0.274 e. The molecule has 1 fully saturated rings. The molecule has 7 heteroatoms. The molecule has 0 N–H and O–H groups in total. The lowest BCUT2D eigenvalue weighted by Crippen LogP contribution is -2.47. The van der Waals surface area contributed by atoms with E-state index in [2.05, 4.69) is 22.0 Å². The molecule has 1 aliphatic rings. The monoisotopic (exact) mass is 265 g/mol. The summed E-state index contributed by atoms with van der Waals surface area (Å²) in [7, 11) is 2.07. The normalized spacial score (nSPS) is 17.6. The van der Waals surface area contributed by atoms with Crippen molar-refractivity contribution in [3.8, 4) is 0 Å². The van der Waals surface area contributed by atoms with E-state index in [1.54, 1.807) is 10.7 Å². The fraction of sp³-hybridized carbons (Fsp3) is 0.545. The highest BCUT2D eigenvalue weighted by molar-refractivity contribution is 7.16. The van der Waals surface area contributed by atoms with Crippen LogP contribution in [0.5, 0.6) is 0 Å². The fourth-order valence-corrected chi connectivity index (χ4v) is 2.80. The molecule has 3 rings (SSSR count). The van der Waals surface area contributed by atoms with E-state index in [9.17, 15) is 4.79 Å². The van der Waals surface area contributed by atoms with E-state index in [1.165, 1.54) is 11.3 Å². The lowest BCUT2D eigenvalue weighted by Gasteiger charge is -2.31. The summed E-state index contributed by atoms with van der Waals surface area (Å²) in [5.41, 5.74) is 0.498. The maximum atomic E-state index is 12.3. The molecule has 96 valence electrons. The van der Waals surface area contributed by atoms with Gasteiger partial charge in [0.1, 0.15) is 10.7 Å². The summed E-state index contributed by atoms with van der Waals surface area (Å²) in [5, 5.41) is 5.22. The van der Waals surface area contributed by atoms with Crippen LogP contribution < -0.4 is 0 Å². The number of hydrogen-bond acceptors (Lipinski definition) is 5. The highest BCUT2D eigenvalue weighted by Crippen LogP contribution is 2.15. The van der Waals surface area contributed by atoms with Crippen LogP contribution in [0.1, 0.15) is 15.5 Å². The Hall–Kier alpha value is -1.47. The number of aromatic nitrogens is 3. The highest BCUT2D eigenvalue weighted by atomic mass is 32.1. The van der Waals surface area contributed by atoms with Crippen molar-refractivity contribution < 1.29 is 4.79 Å². The van der Waals surface area contributed by atoms with E-state index in [4.69, 9.17) is 0 Å². The minimum atomic E-state index is 0.0125. The van der Waals surface area contributed by atoms with Gasteiger partial charge in [0.15, 0.2) is 0 Å². The topological polar surface area (TPSA) is 53.7 Å². The quantitative estimate of drug-likeness (QED) is 0.753. The Kier molecular flexibility index (Phi) is 2.79. The summed E-state index contributed by atoms with van der Waals surface area (Å²) < 4.78 is 1.68. The molecule has 0 radical (unpaired) electrons. The summed E-state index contributed by atoms with van der Waals surface area (Å²) in [5.74, 6) is 0.0125. The predicted molar refractivity (Wildman–Crippen MR) is 69.0 cm³/mol. The van der Waals surface area contributed by atoms with Gasteiger partial charge in [-0.1, -0.05) is 11.3 Å². The smallest absolute Gasteiger partial charge is 0.274 e. The molecule has 6 nitrogen and oxygen atoms in total. The van der Waals surface area contributed by atoms with Gasteiger partial charge in [0.2, 0.25) is 4.96 Å². The van der Waals surface area contributed by atoms with E-state index < -0.39 is 0 Å².